The van der Waals surface area contributed by atoms with Gasteiger partial charge in [0.15, 0.2) is 11.5 Å². The smallest absolute Gasteiger partial charge is 0.228 e. The molecular weight excluding hydrogens is 522 g/mol. The largest absolute Gasteiger partial charge is 0.493 e. The van der Waals surface area contributed by atoms with Crippen LogP contribution in [0.2, 0.25) is 0 Å². The number of nitrogens with zero attached hydrogens (tertiary/aromatic N) is 1. The van der Waals surface area contributed by atoms with Crippen LogP contribution in [0.25, 0.3) is 0 Å². The van der Waals surface area contributed by atoms with Gasteiger partial charge < -0.3 is 19.5 Å². The number of aliphatic hydroxyl groups is 1. The van der Waals surface area contributed by atoms with Gasteiger partial charge in [-0.1, -0.05) is 37.6 Å². The van der Waals surface area contributed by atoms with Gasteiger partial charge in [0.1, 0.15) is 0 Å². The molecule has 2 atom stereocenters. The van der Waals surface area contributed by atoms with Crippen LogP contribution in [-0.2, 0) is 11.2 Å². The molecule has 1 fully saturated rings. The van der Waals surface area contributed by atoms with Gasteiger partial charge in [-0.25, -0.2) is 0 Å². The molecule has 6 heteroatoms. The Labute approximate surface area is 246 Å². The summed E-state index contributed by atoms with van der Waals surface area (Å²) >= 11 is 6.39. The number of methoxy groups -OCH3 is 1. The second kappa shape index (κ2) is 13.3. The summed E-state index contributed by atoms with van der Waals surface area (Å²) in [5.41, 5.74) is 2.83. The maximum absolute atomic E-state index is 14.0. The standard InChI is InChI=1S/C34H50ClNO4/c1-22(2)17-18-34(5,38)26-13-15-28(16-14-26)36-32(37)20-25-19-30(39-6)31(40-23(3)4)21-29(25)33(36)24-9-7-11-27(35)12-8-10-24/h9,11,19,21-23,26,28,33,38H,7-8,10,12-18,20H2,1-6H3. The Morgan fingerprint density at radius 3 is 2.45 bits per heavy atom. The number of hydrogen-bond donors (Lipinski definition) is 1. The first-order valence-electron chi connectivity index (χ1n) is 15.4. The van der Waals surface area contributed by atoms with Gasteiger partial charge in [-0.2, -0.15) is 0 Å². The van der Waals surface area contributed by atoms with E-state index in [0.29, 0.717) is 18.1 Å². The molecule has 1 heterocycles. The van der Waals surface area contributed by atoms with Crippen LogP contribution >= 0.6 is 11.6 Å². The van der Waals surface area contributed by atoms with Crippen molar-refractivity contribution in [3.8, 4) is 11.5 Å². The van der Waals surface area contributed by atoms with Gasteiger partial charge in [0, 0.05) is 11.1 Å². The zero-order chi connectivity index (χ0) is 29.0. The molecule has 5 nitrogen and oxygen atoms in total. The van der Waals surface area contributed by atoms with Crippen LogP contribution < -0.4 is 9.47 Å². The number of hydrogen-bond acceptors (Lipinski definition) is 4. The fraction of sp³-hybridized carbons (Fsp3) is 0.676. The van der Waals surface area contributed by atoms with E-state index in [1.54, 1.807) is 7.11 Å². The van der Waals surface area contributed by atoms with E-state index in [2.05, 4.69) is 37.0 Å². The second-order valence-electron chi connectivity index (χ2n) is 13.1. The van der Waals surface area contributed by atoms with E-state index >= 15 is 0 Å². The summed E-state index contributed by atoms with van der Waals surface area (Å²) in [6, 6.07) is 4.18. The summed E-state index contributed by atoms with van der Waals surface area (Å²) in [7, 11) is 1.66. The Kier molecular flexibility index (Phi) is 10.3. The maximum Gasteiger partial charge on any atom is 0.228 e. The molecule has 0 saturated heterocycles. The Balaban J connectivity index is 1.68. The molecular formula is C34H50ClNO4. The summed E-state index contributed by atoms with van der Waals surface area (Å²) < 4.78 is 11.9. The Bertz CT molecular complexity index is 1100. The van der Waals surface area contributed by atoms with Crippen molar-refractivity contribution in [3.05, 3.63) is 46.0 Å². The van der Waals surface area contributed by atoms with Gasteiger partial charge in [-0.05, 0) is 126 Å². The Hall–Kier alpha value is -1.98. The van der Waals surface area contributed by atoms with Gasteiger partial charge in [0.2, 0.25) is 5.91 Å². The molecule has 4 rings (SSSR count). The van der Waals surface area contributed by atoms with Gasteiger partial charge in [-0.15, -0.1) is 0 Å². The third-order valence-electron chi connectivity index (χ3n) is 9.14. The van der Waals surface area contributed by atoms with Gasteiger partial charge in [0.05, 0.1) is 31.3 Å². The minimum Gasteiger partial charge on any atom is -0.493 e. The van der Waals surface area contributed by atoms with E-state index in [1.807, 2.05) is 26.8 Å². The molecule has 1 amide bonds. The lowest BCUT2D eigenvalue weighted by molar-refractivity contribution is -0.137. The first-order chi connectivity index (χ1) is 19.0. The predicted molar refractivity (Wildman–Crippen MR) is 163 cm³/mol. The van der Waals surface area contributed by atoms with Crippen molar-refractivity contribution in [1.29, 1.82) is 0 Å². The minimum atomic E-state index is -0.652. The van der Waals surface area contributed by atoms with E-state index in [4.69, 9.17) is 21.1 Å². The van der Waals surface area contributed by atoms with Crippen molar-refractivity contribution in [2.24, 2.45) is 11.8 Å². The summed E-state index contributed by atoms with van der Waals surface area (Å²) in [5, 5.41) is 12.2. The summed E-state index contributed by atoms with van der Waals surface area (Å²) in [6.45, 7) is 10.5. The number of carbonyl (C=O) groups is 1. The van der Waals surface area contributed by atoms with Crippen molar-refractivity contribution < 1.29 is 19.4 Å². The summed E-state index contributed by atoms with van der Waals surface area (Å²) in [4.78, 5) is 16.2. The number of amides is 1. The molecule has 0 spiro atoms. The van der Waals surface area contributed by atoms with Gasteiger partial charge in [0.25, 0.3) is 0 Å². The number of halogens is 1. The molecule has 1 aromatic rings. The first-order valence-corrected chi connectivity index (χ1v) is 15.8. The SMILES string of the molecule is COc1cc2c(cc1OC(C)C)C(C1=CCC=C(Cl)CCC1)N(C1CCC(C(C)(O)CCC(C)C)CC1)C(=O)C2. The van der Waals surface area contributed by atoms with Crippen LogP contribution in [0.3, 0.4) is 0 Å². The zero-order valence-electron chi connectivity index (χ0n) is 25.5. The predicted octanol–water partition coefficient (Wildman–Crippen LogP) is 8.28. The number of fused-ring (bicyclic) bond motifs is 1. The fourth-order valence-corrected chi connectivity index (χ4v) is 7.11. The van der Waals surface area contributed by atoms with E-state index in [-0.39, 0.29) is 30.0 Å². The highest BCUT2D eigenvalue weighted by atomic mass is 35.5. The molecule has 1 N–H and O–H groups in total. The first kappa shape index (κ1) is 31.0. The molecule has 2 aliphatic carbocycles. The number of allylic oxidation sites excluding steroid dienone is 3. The van der Waals surface area contributed by atoms with Gasteiger partial charge in [-0.3, -0.25) is 4.79 Å². The highest BCUT2D eigenvalue weighted by Crippen LogP contribution is 2.47. The van der Waals surface area contributed by atoms with Crippen LogP contribution in [0.4, 0.5) is 0 Å². The topological polar surface area (TPSA) is 59.0 Å². The van der Waals surface area contributed by atoms with Crippen molar-refractivity contribution in [3.63, 3.8) is 0 Å². The highest BCUT2D eigenvalue weighted by molar-refractivity contribution is 6.29. The number of carbonyl (C=O) groups excluding carboxylic acids is 1. The van der Waals surface area contributed by atoms with Crippen molar-refractivity contribution >= 4 is 17.5 Å². The highest BCUT2D eigenvalue weighted by Gasteiger charge is 2.43. The van der Waals surface area contributed by atoms with Crippen molar-refractivity contribution in [1.82, 2.24) is 4.90 Å². The Morgan fingerprint density at radius 1 is 1.07 bits per heavy atom. The Morgan fingerprint density at radius 2 is 1.80 bits per heavy atom. The molecule has 3 aliphatic rings. The number of benzene rings is 1. The zero-order valence-corrected chi connectivity index (χ0v) is 26.2. The van der Waals surface area contributed by atoms with Crippen LogP contribution in [0.1, 0.15) is 116 Å². The molecule has 2 unspecified atom stereocenters. The fourth-order valence-electron chi connectivity index (χ4n) is 6.88. The van der Waals surface area contributed by atoms with E-state index < -0.39 is 5.60 Å². The third-order valence-corrected chi connectivity index (χ3v) is 9.48. The lowest BCUT2D eigenvalue weighted by Gasteiger charge is -2.47. The quantitative estimate of drug-likeness (QED) is 0.303. The molecule has 1 aliphatic heterocycles. The monoisotopic (exact) mass is 571 g/mol. The number of ether oxygens (including phenoxy) is 2. The van der Waals surface area contributed by atoms with Crippen LogP contribution in [-0.4, -0.2) is 40.8 Å². The average Bonchev–Trinajstić information content (AvgIpc) is 2.88. The van der Waals surface area contributed by atoms with Crippen molar-refractivity contribution in [2.45, 2.75) is 129 Å². The molecule has 1 aromatic carbocycles. The normalized spacial score (nSPS) is 25.5. The van der Waals surface area contributed by atoms with Crippen LogP contribution in [0.15, 0.2) is 34.9 Å². The number of rotatable bonds is 9. The molecule has 0 bridgehead atoms. The third kappa shape index (κ3) is 7.26. The molecule has 0 aromatic heterocycles. The maximum atomic E-state index is 14.0. The molecule has 40 heavy (non-hydrogen) atoms. The second-order valence-corrected chi connectivity index (χ2v) is 13.5. The van der Waals surface area contributed by atoms with E-state index in [0.717, 1.165) is 86.1 Å². The van der Waals surface area contributed by atoms with E-state index in [1.165, 1.54) is 5.57 Å². The summed E-state index contributed by atoms with van der Waals surface area (Å²) in [6.07, 6.45) is 13.9. The lowest BCUT2D eigenvalue weighted by Crippen LogP contribution is -2.50. The van der Waals surface area contributed by atoms with Crippen LogP contribution in [0.5, 0.6) is 11.5 Å². The van der Waals surface area contributed by atoms with E-state index in [9.17, 15) is 9.90 Å². The molecule has 1 saturated carbocycles. The van der Waals surface area contributed by atoms with Crippen LogP contribution in [0, 0.1) is 11.8 Å². The minimum absolute atomic E-state index is 0.0124. The molecule has 0 radical (unpaired) electrons. The molecule has 222 valence electrons. The average molecular weight is 572 g/mol. The van der Waals surface area contributed by atoms with Crippen molar-refractivity contribution in [2.75, 3.05) is 7.11 Å². The summed E-state index contributed by atoms with van der Waals surface area (Å²) in [5.74, 6) is 2.45. The lowest BCUT2D eigenvalue weighted by atomic mass is 9.72. The van der Waals surface area contributed by atoms with Gasteiger partial charge >= 0.3 is 0 Å².